The van der Waals surface area contributed by atoms with E-state index in [-0.39, 0.29) is 0 Å². The molecule has 0 aliphatic carbocycles. The molecule has 0 bridgehead atoms. The Balaban J connectivity index is 1.78. The van der Waals surface area contributed by atoms with Gasteiger partial charge in [-0.1, -0.05) is 36.4 Å². The summed E-state index contributed by atoms with van der Waals surface area (Å²) in [5, 5.41) is 4.58. The highest BCUT2D eigenvalue weighted by Gasteiger charge is 2.21. The molecule has 1 aliphatic heterocycles. The van der Waals surface area contributed by atoms with Crippen molar-refractivity contribution < 1.29 is 0 Å². The standard InChI is InChI=1S/C26H29N5/c1-6-30(7-2)23-14-13-22(18(3)15-23)17-24-25(21-11-9-8-10-12-21)28-26(27-24)31-20(5)16-19(4)29-31/h8-17H,6-7H2,1-5H3. The molecule has 5 heteroatoms. The normalized spacial score (nSPS) is 14.7. The molecule has 0 saturated carbocycles. The molecule has 0 amide bonds. The van der Waals surface area contributed by atoms with E-state index in [0.29, 0.717) is 5.96 Å². The van der Waals surface area contributed by atoms with Gasteiger partial charge in [-0.2, -0.15) is 5.10 Å². The zero-order valence-corrected chi connectivity index (χ0v) is 18.9. The van der Waals surface area contributed by atoms with Crippen molar-refractivity contribution in [2.45, 2.75) is 34.6 Å². The average Bonchev–Trinajstić information content (AvgIpc) is 3.33. The fourth-order valence-corrected chi connectivity index (χ4v) is 3.93. The number of allylic oxidation sites excluding steroid dienone is 1. The molecule has 0 radical (unpaired) electrons. The maximum Gasteiger partial charge on any atom is 0.252 e. The van der Waals surface area contributed by atoms with Crippen LogP contribution >= 0.6 is 0 Å². The second kappa shape index (κ2) is 8.72. The summed E-state index contributed by atoms with van der Waals surface area (Å²) >= 11 is 0. The third-order valence-electron chi connectivity index (χ3n) is 5.60. The number of aryl methyl sites for hydroxylation is 3. The van der Waals surface area contributed by atoms with E-state index < -0.39 is 0 Å². The van der Waals surface area contributed by atoms with E-state index in [0.717, 1.165) is 47.0 Å². The van der Waals surface area contributed by atoms with Gasteiger partial charge in [0.15, 0.2) is 0 Å². The van der Waals surface area contributed by atoms with Gasteiger partial charge >= 0.3 is 0 Å². The van der Waals surface area contributed by atoms with Crippen LogP contribution in [-0.4, -0.2) is 34.5 Å². The van der Waals surface area contributed by atoms with Gasteiger partial charge in [-0.15, -0.1) is 0 Å². The predicted octanol–water partition coefficient (Wildman–Crippen LogP) is 5.40. The van der Waals surface area contributed by atoms with E-state index in [4.69, 9.17) is 9.98 Å². The van der Waals surface area contributed by atoms with Crippen LogP contribution in [0.4, 0.5) is 5.69 Å². The highest BCUT2D eigenvalue weighted by atomic mass is 15.4. The molecule has 2 heterocycles. The van der Waals surface area contributed by atoms with Crippen molar-refractivity contribution in [3.8, 4) is 0 Å². The third kappa shape index (κ3) is 4.22. The van der Waals surface area contributed by atoms with Crippen LogP contribution in [0.25, 0.3) is 6.08 Å². The lowest BCUT2D eigenvalue weighted by Crippen LogP contribution is -2.21. The monoisotopic (exact) mass is 411 g/mol. The number of aliphatic imine (C=N–C) groups is 2. The highest BCUT2D eigenvalue weighted by Crippen LogP contribution is 2.25. The molecular weight excluding hydrogens is 382 g/mol. The van der Waals surface area contributed by atoms with Gasteiger partial charge in [-0.3, -0.25) is 0 Å². The number of anilines is 1. The lowest BCUT2D eigenvalue weighted by molar-refractivity contribution is 0.865. The van der Waals surface area contributed by atoms with Crippen LogP contribution in [0.15, 0.2) is 70.3 Å². The quantitative estimate of drug-likeness (QED) is 0.564. The Morgan fingerprint density at radius 2 is 1.65 bits per heavy atom. The van der Waals surface area contributed by atoms with Crippen LogP contribution in [0.3, 0.4) is 0 Å². The van der Waals surface area contributed by atoms with Gasteiger partial charge in [0.05, 0.1) is 11.4 Å². The number of benzene rings is 2. The molecular formula is C26H29N5. The van der Waals surface area contributed by atoms with Crippen molar-refractivity contribution in [2.24, 2.45) is 9.98 Å². The topological polar surface area (TPSA) is 45.8 Å². The van der Waals surface area contributed by atoms with Crippen molar-refractivity contribution in [3.05, 3.63) is 88.4 Å². The summed E-state index contributed by atoms with van der Waals surface area (Å²) in [6.07, 6.45) is 2.13. The first kappa shape index (κ1) is 20.8. The molecule has 2 aromatic carbocycles. The van der Waals surface area contributed by atoms with Crippen LogP contribution in [0.2, 0.25) is 0 Å². The number of nitrogens with zero attached hydrogens (tertiary/aromatic N) is 5. The van der Waals surface area contributed by atoms with Crippen LogP contribution in [-0.2, 0) is 0 Å². The van der Waals surface area contributed by atoms with Crippen LogP contribution in [0.5, 0.6) is 0 Å². The minimum atomic E-state index is 0.605. The van der Waals surface area contributed by atoms with Crippen molar-refractivity contribution in [3.63, 3.8) is 0 Å². The lowest BCUT2D eigenvalue weighted by atomic mass is 10.0. The molecule has 0 unspecified atom stereocenters. The van der Waals surface area contributed by atoms with Gasteiger partial charge in [-0.25, -0.2) is 14.7 Å². The Labute approximate surface area is 184 Å². The van der Waals surface area contributed by atoms with Crippen molar-refractivity contribution in [1.29, 1.82) is 0 Å². The van der Waals surface area contributed by atoms with Crippen LogP contribution in [0, 0.1) is 20.8 Å². The summed E-state index contributed by atoms with van der Waals surface area (Å²) in [7, 11) is 0. The molecule has 0 saturated heterocycles. The first-order chi connectivity index (χ1) is 15.0. The van der Waals surface area contributed by atoms with Gasteiger partial charge in [0, 0.05) is 30.0 Å². The first-order valence-corrected chi connectivity index (χ1v) is 10.8. The SMILES string of the molecule is CCN(CC)c1ccc(C=C2N=C(n3nc(C)cc3C)N=C2c2ccccc2)c(C)c1. The number of hydrogen-bond donors (Lipinski definition) is 0. The second-order valence-corrected chi connectivity index (χ2v) is 7.82. The summed E-state index contributed by atoms with van der Waals surface area (Å²) in [5.41, 5.74) is 8.37. The molecule has 0 fully saturated rings. The molecule has 0 N–H and O–H groups in total. The van der Waals surface area contributed by atoms with Crippen molar-refractivity contribution >= 4 is 23.4 Å². The van der Waals surface area contributed by atoms with E-state index in [1.807, 2.05) is 42.8 Å². The molecule has 0 atom stereocenters. The van der Waals surface area contributed by atoms with Gasteiger partial charge in [0.2, 0.25) is 0 Å². The van der Waals surface area contributed by atoms with E-state index in [1.54, 1.807) is 0 Å². The molecule has 0 spiro atoms. The maximum atomic E-state index is 4.88. The fourth-order valence-electron chi connectivity index (χ4n) is 3.93. The molecule has 1 aromatic heterocycles. The summed E-state index contributed by atoms with van der Waals surface area (Å²) in [5.74, 6) is 0.605. The Hall–Kier alpha value is -3.47. The number of rotatable bonds is 5. The zero-order valence-electron chi connectivity index (χ0n) is 18.9. The van der Waals surface area contributed by atoms with Gasteiger partial charge in [0.1, 0.15) is 5.71 Å². The van der Waals surface area contributed by atoms with Crippen LogP contribution < -0.4 is 4.90 Å². The smallest absolute Gasteiger partial charge is 0.252 e. The summed E-state index contributed by atoms with van der Waals surface area (Å²) < 4.78 is 1.81. The van der Waals surface area contributed by atoms with Gasteiger partial charge in [-0.05, 0) is 70.0 Å². The Morgan fingerprint density at radius 3 is 2.26 bits per heavy atom. The predicted molar refractivity (Wildman–Crippen MR) is 130 cm³/mol. The van der Waals surface area contributed by atoms with Crippen molar-refractivity contribution in [1.82, 2.24) is 9.78 Å². The molecule has 5 nitrogen and oxygen atoms in total. The maximum absolute atomic E-state index is 4.88. The van der Waals surface area contributed by atoms with Crippen molar-refractivity contribution in [2.75, 3.05) is 18.0 Å². The summed E-state index contributed by atoms with van der Waals surface area (Å²) in [6.45, 7) is 12.5. The zero-order chi connectivity index (χ0) is 22.0. The Bertz CT molecular complexity index is 1180. The molecule has 31 heavy (non-hydrogen) atoms. The van der Waals surface area contributed by atoms with E-state index in [2.05, 4.69) is 67.2 Å². The lowest BCUT2D eigenvalue weighted by Gasteiger charge is -2.21. The Kier molecular flexibility index (Phi) is 5.85. The highest BCUT2D eigenvalue weighted by molar-refractivity contribution is 6.22. The summed E-state index contributed by atoms with van der Waals surface area (Å²) in [4.78, 5) is 12.1. The number of hydrogen-bond acceptors (Lipinski definition) is 4. The molecule has 3 aromatic rings. The van der Waals surface area contributed by atoms with Gasteiger partial charge in [0.25, 0.3) is 5.96 Å². The van der Waals surface area contributed by atoms with Crippen LogP contribution in [0.1, 0.15) is 41.9 Å². The third-order valence-corrected chi connectivity index (χ3v) is 5.60. The largest absolute Gasteiger partial charge is 0.372 e. The van der Waals surface area contributed by atoms with E-state index >= 15 is 0 Å². The number of aromatic nitrogens is 2. The summed E-state index contributed by atoms with van der Waals surface area (Å²) in [6, 6.07) is 18.9. The minimum absolute atomic E-state index is 0.605. The molecule has 1 aliphatic rings. The van der Waals surface area contributed by atoms with E-state index in [9.17, 15) is 0 Å². The first-order valence-electron chi connectivity index (χ1n) is 10.8. The fraction of sp³-hybridized carbons (Fsp3) is 0.269. The average molecular weight is 412 g/mol. The molecule has 4 rings (SSSR count). The van der Waals surface area contributed by atoms with E-state index in [1.165, 1.54) is 11.3 Å². The second-order valence-electron chi connectivity index (χ2n) is 7.82. The minimum Gasteiger partial charge on any atom is -0.372 e. The molecule has 158 valence electrons. The Morgan fingerprint density at radius 1 is 0.903 bits per heavy atom. The van der Waals surface area contributed by atoms with Gasteiger partial charge < -0.3 is 4.90 Å².